The molecule has 134 valence electrons. The Kier molecular flexibility index (Phi) is 5.82. The predicted octanol–water partition coefficient (Wildman–Crippen LogP) is 3.36. The molecule has 0 atom stereocenters. The summed E-state index contributed by atoms with van der Waals surface area (Å²) in [6.45, 7) is 3.23. The monoisotopic (exact) mass is 384 g/mol. The fraction of sp³-hybridized carbons (Fsp3) is 0.235. The van der Waals surface area contributed by atoms with Gasteiger partial charge in [-0.1, -0.05) is 29.8 Å². The smallest absolute Gasteiger partial charge is 0.246 e. The van der Waals surface area contributed by atoms with Gasteiger partial charge >= 0.3 is 0 Å². The summed E-state index contributed by atoms with van der Waals surface area (Å²) in [5.74, 6) is -1.48. The maximum absolute atomic E-state index is 13.9. The van der Waals surface area contributed by atoms with Crippen molar-refractivity contribution in [2.24, 2.45) is 0 Å². The fourth-order valence-electron chi connectivity index (χ4n) is 2.33. The second-order valence-corrected chi connectivity index (χ2v) is 8.10. The first-order chi connectivity index (χ1) is 11.6. The summed E-state index contributed by atoms with van der Waals surface area (Å²) < 4.78 is 39.6. The number of sulfonamides is 1. The van der Waals surface area contributed by atoms with Crippen LogP contribution in [0.2, 0.25) is 5.02 Å². The van der Waals surface area contributed by atoms with Gasteiger partial charge in [-0.05, 0) is 43.2 Å². The van der Waals surface area contributed by atoms with Gasteiger partial charge in [0, 0.05) is 17.8 Å². The second-order valence-electron chi connectivity index (χ2n) is 5.65. The van der Waals surface area contributed by atoms with Crippen LogP contribution in [0.15, 0.2) is 41.3 Å². The van der Waals surface area contributed by atoms with Gasteiger partial charge in [-0.3, -0.25) is 4.79 Å². The molecule has 5 nitrogen and oxygen atoms in total. The minimum atomic E-state index is -4.16. The average Bonchev–Trinajstić information content (AvgIpc) is 2.50. The van der Waals surface area contributed by atoms with E-state index in [1.165, 1.54) is 13.1 Å². The summed E-state index contributed by atoms with van der Waals surface area (Å²) in [4.78, 5) is 11.7. The standard InChI is InChI=1S/C17H18ClFN2O3S/c1-11-5-4-6-12(2)17(11)20-16(22)10-21(3)25(23,24)15-8-7-13(18)9-14(15)19/h4-9H,10H2,1-3H3,(H,20,22). The number of benzene rings is 2. The van der Waals surface area contributed by atoms with E-state index in [-0.39, 0.29) is 5.02 Å². The van der Waals surface area contributed by atoms with Gasteiger partial charge in [0.2, 0.25) is 15.9 Å². The molecule has 1 amide bonds. The number of para-hydroxylation sites is 1. The summed E-state index contributed by atoms with van der Waals surface area (Å²) in [5, 5.41) is 2.79. The predicted molar refractivity (Wildman–Crippen MR) is 95.8 cm³/mol. The van der Waals surface area contributed by atoms with Gasteiger partial charge in [-0.15, -0.1) is 0 Å². The lowest BCUT2D eigenvalue weighted by Crippen LogP contribution is -2.35. The highest BCUT2D eigenvalue weighted by molar-refractivity contribution is 7.89. The zero-order chi connectivity index (χ0) is 18.8. The van der Waals surface area contributed by atoms with Crippen LogP contribution >= 0.6 is 11.6 Å². The quantitative estimate of drug-likeness (QED) is 0.859. The van der Waals surface area contributed by atoms with Crippen LogP contribution < -0.4 is 5.32 Å². The third kappa shape index (κ3) is 4.36. The van der Waals surface area contributed by atoms with E-state index in [2.05, 4.69) is 5.32 Å². The summed E-state index contributed by atoms with van der Waals surface area (Å²) in [6, 6.07) is 8.81. The lowest BCUT2D eigenvalue weighted by molar-refractivity contribution is -0.116. The minimum absolute atomic E-state index is 0.0897. The molecule has 0 saturated carbocycles. The Morgan fingerprint density at radius 1 is 1.20 bits per heavy atom. The number of carbonyl (C=O) groups is 1. The van der Waals surface area contributed by atoms with E-state index in [0.717, 1.165) is 27.6 Å². The van der Waals surface area contributed by atoms with Crippen molar-refractivity contribution in [2.45, 2.75) is 18.7 Å². The zero-order valence-electron chi connectivity index (χ0n) is 14.0. The van der Waals surface area contributed by atoms with Gasteiger partial charge in [0.1, 0.15) is 10.7 Å². The van der Waals surface area contributed by atoms with Gasteiger partial charge in [-0.2, -0.15) is 4.31 Å². The van der Waals surface area contributed by atoms with Crippen molar-refractivity contribution in [1.29, 1.82) is 0 Å². The molecule has 0 saturated heterocycles. The van der Waals surface area contributed by atoms with Crippen LogP contribution in [-0.4, -0.2) is 32.2 Å². The number of rotatable bonds is 5. The number of carbonyl (C=O) groups excluding carboxylic acids is 1. The molecular weight excluding hydrogens is 367 g/mol. The normalized spacial score (nSPS) is 11.6. The van der Waals surface area contributed by atoms with Crippen molar-refractivity contribution in [3.05, 3.63) is 58.4 Å². The maximum Gasteiger partial charge on any atom is 0.246 e. The van der Waals surface area contributed by atoms with Crippen molar-refractivity contribution >= 4 is 33.2 Å². The number of nitrogens with zero attached hydrogens (tertiary/aromatic N) is 1. The third-order valence-corrected chi connectivity index (χ3v) is 5.77. The third-order valence-electron chi connectivity index (χ3n) is 3.69. The molecule has 2 aromatic rings. The minimum Gasteiger partial charge on any atom is -0.324 e. The van der Waals surface area contributed by atoms with Crippen LogP contribution in [0, 0.1) is 19.7 Å². The molecule has 0 radical (unpaired) electrons. The number of amides is 1. The number of likely N-dealkylation sites (N-methyl/N-ethyl adjacent to an activating group) is 1. The Morgan fingerprint density at radius 3 is 2.36 bits per heavy atom. The topological polar surface area (TPSA) is 66.5 Å². The van der Waals surface area contributed by atoms with E-state index in [9.17, 15) is 17.6 Å². The number of halogens is 2. The van der Waals surface area contributed by atoms with Gasteiger partial charge in [0.25, 0.3) is 0 Å². The number of aryl methyl sites for hydroxylation is 2. The van der Waals surface area contributed by atoms with Crippen LogP contribution in [0.3, 0.4) is 0 Å². The van der Waals surface area contributed by atoms with Crippen molar-refractivity contribution < 1.29 is 17.6 Å². The lowest BCUT2D eigenvalue weighted by Gasteiger charge is -2.18. The highest BCUT2D eigenvalue weighted by Crippen LogP contribution is 2.22. The fourth-order valence-corrected chi connectivity index (χ4v) is 3.66. The van der Waals surface area contributed by atoms with Gasteiger partial charge in [0.05, 0.1) is 6.54 Å². The summed E-state index contributed by atoms with van der Waals surface area (Å²) >= 11 is 5.64. The van der Waals surface area contributed by atoms with E-state index in [1.54, 1.807) is 0 Å². The van der Waals surface area contributed by atoms with Crippen molar-refractivity contribution in [3.8, 4) is 0 Å². The number of hydrogen-bond acceptors (Lipinski definition) is 3. The summed E-state index contributed by atoms with van der Waals surface area (Å²) in [7, 11) is -2.94. The van der Waals surface area contributed by atoms with Crippen LogP contribution in [0.25, 0.3) is 0 Å². The van der Waals surface area contributed by atoms with Crippen LogP contribution in [0.1, 0.15) is 11.1 Å². The number of hydrogen-bond donors (Lipinski definition) is 1. The molecule has 0 aliphatic rings. The van der Waals surface area contributed by atoms with E-state index in [1.807, 2.05) is 32.0 Å². The Labute approximate surface area is 151 Å². The first-order valence-electron chi connectivity index (χ1n) is 7.40. The van der Waals surface area contributed by atoms with Gasteiger partial charge in [-0.25, -0.2) is 12.8 Å². The van der Waals surface area contributed by atoms with Crippen molar-refractivity contribution in [2.75, 3.05) is 18.9 Å². The molecular formula is C17H18ClFN2O3S. The molecule has 1 N–H and O–H groups in total. The molecule has 0 unspecified atom stereocenters. The molecule has 8 heteroatoms. The Morgan fingerprint density at radius 2 is 1.80 bits per heavy atom. The molecule has 25 heavy (non-hydrogen) atoms. The van der Waals surface area contributed by atoms with E-state index in [4.69, 9.17) is 11.6 Å². The lowest BCUT2D eigenvalue weighted by atomic mass is 10.1. The van der Waals surface area contributed by atoms with Gasteiger partial charge < -0.3 is 5.32 Å². The first kappa shape index (κ1) is 19.4. The highest BCUT2D eigenvalue weighted by atomic mass is 35.5. The largest absolute Gasteiger partial charge is 0.324 e. The van der Waals surface area contributed by atoms with E-state index >= 15 is 0 Å². The molecule has 2 aromatic carbocycles. The summed E-state index contributed by atoms with van der Waals surface area (Å²) in [6.07, 6.45) is 0. The van der Waals surface area contributed by atoms with Crippen molar-refractivity contribution in [1.82, 2.24) is 4.31 Å². The number of nitrogens with one attached hydrogen (secondary N) is 1. The van der Waals surface area contributed by atoms with Crippen LogP contribution in [-0.2, 0) is 14.8 Å². The Hall–Kier alpha value is -1.96. The first-order valence-corrected chi connectivity index (χ1v) is 9.22. The van der Waals surface area contributed by atoms with Crippen LogP contribution in [0.4, 0.5) is 10.1 Å². The Balaban J connectivity index is 2.18. The molecule has 0 spiro atoms. The SMILES string of the molecule is Cc1cccc(C)c1NC(=O)CN(C)S(=O)(=O)c1ccc(Cl)cc1F. The molecule has 0 aromatic heterocycles. The van der Waals surface area contributed by atoms with E-state index in [0.29, 0.717) is 5.69 Å². The molecule has 0 heterocycles. The second kappa shape index (κ2) is 7.51. The maximum atomic E-state index is 13.9. The molecule has 0 aliphatic carbocycles. The van der Waals surface area contributed by atoms with Crippen LogP contribution in [0.5, 0.6) is 0 Å². The molecule has 0 bridgehead atoms. The Bertz CT molecular complexity index is 896. The molecule has 2 rings (SSSR count). The molecule has 0 aliphatic heterocycles. The van der Waals surface area contributed by atoms with E-state index < -0.39 is 33.2 Å². The van der Waals surface area contributed by atoms with Gasteiger partial charge in [0.15, 0.2) is 0 Å². The molecule has 0 fully saturated rings. The van der Waals surface area contributed by atoms with Crippen molar-refractivity contribution in [3.63, 3.8) is 0 Å². The average molecular weight is 385 g/mol. The highest BCUT2D eigenvalue weighted by Gasteiger charge is 2.26. The number of anilines is 1. The zero-order valence-corrected chi connectivity index (χ0v) is 15.6. The summed E-state index contributed by atoms with van der Waals surface area (Å²) in [5.41, 5.74) is 2.36.